The molecule has 0 saturated carbocycles. The highest BCUT2D eigenvalue weighted by Gasteiger charge is 2.15. The monoisotopic (exact) mass is 276 g/mol. The molecule has 108 valence electrons. The minimum Gasteiger partial charge on any atom is -0.459 e. The SMILES string of the molecule is Cc1cc2ncc(CNCC(=O)OC(C)(C)C)cn2n1. The molecule has 2 aromatic rings. The van der Waals surface area contributed by atoms with Gasteiger partial charge in [0, 0.05) is 30.6 Å². The fraction of sp³-hybridized carbons (Fsp3) is 0.500. The fourth-order valence-corrected chi connectivity index (χ4v) is 1.81. The van der Waals surface area contributed by atoms with E-state index in [2.05, 4.69) is 15.4 Å². The van der Waals surface area contributed by atoms with Crippen molar-refractivity contribution < 1.29 is 9.53 Å². The van der Waals surface area contributed by atoms with Crippen LogP contribution in [0.25, 0.3) is 5.65 Å². The average molecular weight is 276 g/mol. The van der Waals surface area contributed by atoms with Gasteiger partial charge in [-0.05, 0) is 27.7 Å². The van der Waals surface area contributed by atoms with Gasteiger partial charge in [0.05, 0.1) is 12.2 Å². The molecule has 6 nitrogen and oxygen atoms in total. The lowest BCUT2D eigenvalue weighted by Crippen LogP contribution is -2.31. The summed E-state index contributed by atoms with van der Waals surface area (Å²) in [4.78, 5) is 15.9. The van der Waals surface area contributed by atoms with E-state index in [-0.39, 0.29) is 12.5 Å². The quantitative estimate of drug-likeness (QED) is 0.856. The Hall–Kier alpha value is -1.95. The first-order valence-electron chi connectivity index (χ1n) is 6.57. The Balaban J connectivity index is 1.88. The van der Waals surface area contributed by atoms with E-state index in [0.717, 1.165) is 16.9 Å². The molecule has 2 heterocycles. The number of aryl methyl sites for hydroxylation is 1. The zero-order chi connectivity index (χ0) is 14.8. The first-order chi connectivity index (χ1) is 9.33. The lowest BCUT2D eigenvalue weighted by molar-refractivity contribution is -0.153. The minimum absolute atomic E-state index is 0.174. The van der Waals surface area contributed by atoms with Gasteiger partial charge in [-0.2, -0.15) is 5.10 Å². The van der Waals surface area contributed by atoms with E-state index in [1.807, 2.05) is 40.0 Å². The molecule has 0 amide bonds. The van der Waals surface area contributed by atoms with Gasteiger partial charge >= 0.3 is 5.97 Å². The molecular formula is C14H20N4O2. The van der Waals surface area contributed by atoms with E-state index < -0.39 is 5.60 Å². The number of carbonyl (C=O) groups is 1. The predicted octanol–water partition coefficient (Wildman–Crippen LogP) is 1.47. The number of fused-ring (bicyclic) bond motifs is 1. The number of ether oxygens (including phenoxy) is 1. The summed E-state index contributed by atoms with van der Waals surface area (Å²) in [7, 11) is 0. The number of nitrogens with one attached hydrogen (secondary N) is 1. The molecule has 1 N–H and O–H groups in total. The van der Waals surface area contributed by atoms with E-state index in [0.29, 0.717) is 6.54 Å². The highest BCUT2D eigenvalue weighted by molar-refractivity contribution is 5.72. The largest absolute Gasteiger partial charge is 0.459 e. The molecular weight excluding hydrogens is 256 g/mol. The van der Waals surface area contributed by atoms with E-state index in [9.17, 15) is 4.79 Å². The minimum atomic E-state index is -0.453. The number of hydrogen-bond acceptors (Lipinski definition) is 5. The Morgan fingerprint density at radius 2 is 2.20 bits per heavy atom. The van der Waals surface area contributed by atoms with Crippen LogP contribution in [0.4, 0.5) is 0 Å². The van der Waals surface area contributed by atoms with Crippen LogP contribution >= 0.6 is 0 Å². The van der Waals surface area contributed by atoms with Crippen LogP contribution in [0.5, 0.6) is 0 Å². The molecule has 0 atom stereocenters. The van der Waals surface area contributed by atoms with Crippen LogP contribution in [0.1, 0.15) is 32.0 Å². The van der Waals surface area contributed by atoms with Crippen LogP contribution in [0, 0.1) is 6.92 Å². The molecule has 0 aliphatic rings. The Morgan fingerprint density at radius 3 is 2.90 bits per heavy atom. The number of hydrogen-bond donors (Lipinski definition) is 1. The van der Waals surface area contributed by atoms with Gasteiger partial charge in [0.15, 0.2) is 5.65 Å². The molecule has 6 heteroatoms. The normalized spacial score (nSPS) is 11.8. The van der Waals surface area contributed by atoms with Gasteiger partial charge in [-0.15, -0.1) is 0 Å². The number of esters is 1. The second-order valence-electron chi connectivity index (χ2n) is 5.74. The molecule has 2 rings (SSSR count). The Morgan fingerprint density at radius 1 is 1.45 bits per heavy atom. The van der Waals surface area contributed by atoms with Gasteiger partial charge in [-0.1, -0.05) is 0 Å². The van der Waals surface area contributed by atoms with Crippen molar-refractivity contribution >= 4 is 11.6 Å². The van der Waals surface area contributed by atoms with Crippen molar-refractivity contribution in [3.63, 3.8) is 0 Å². The second kappa shape index (κ2) is 5.58. The summed E-state index contributed by atoms with van der Waals surface area (Å²) in [6.45, 7) is 8.19. The van der Waals surface area contributed by atoms with Crippen molar-refractivity contribution in [2.24, 2.45) is 0 Å². The average Bonchev–Trinajstić information content (AvgIpc) is 2.66. The smallest absolute Gasteiger partial charge is 0.320 e. The third-order valence-corrected chi connectivity index (χ3v) is 2.51. The van der Waals surface area contributed by atoms with Crippen molar-refractivity contribution in [2.75, 3.05) is 6.54 Å². The van der Waals surface area contributed by atoms with Crippen LogP contribution in [0.3, 0.4) is 0 Å². The fourth-order valence-electron chi connectivity index (χ4n) is 1.81. The van der Waals surface area contributed by atoms with Crippen molar-refractivity contribution in [2.45, 2.75) is 39.8 Å². The molecule has 0 unspecified atom stereocenters. The Kier molecular flexibility index (Phi) is 4.04. The van der Waals surface area contributed by atoms with E-state index in [4.69, 9.17) is 4.74 Å². The Labute approximate surface area is 118 Å². The maximum Gasteiger partial charge on any atom is 0.320 e. The number of rotatable bonds is 4. The predicted molar refractivity (Wildman–Crippen MR) is 75.3 cm³/mol. The van der Waals surface area contributed by atoms with E-state index >= 15 is 0 Å². The molecule has 20 heavy (non-hydrogen) atoms. The lowest BCUT2D eigenvalue weighted by Gasteiger charge is -2.19. The highest BCUT2D eigenvalue weighted by atomic mass is 16.6. The summed E-state index contributed by atoms with van der Waals surface area (Å²) >= 11 is 0. The molecule has 0 aromatic carbocycles. The van der Waals surface area contributed by atoms with Gasteiger partial charge in [0.25, 0.3) is 0 Å². The van der Waals surface area contributed by atoms with Gasteiger partial charge in [0.1, 0.15) is 5.60 Å². The third-order valence-electron chi connectivity index (χ3n) is 2.51. The van der Waals surface area contributed by atoms with E-state index in [1.54, 1.807) is 10.7 Å². The van der Waals surface area contributed by atoms with Gasteiger partial charge < -0.3 is 10.1 Å². The molecule has 0 aliphatic heterocycles. The van der Waals surface area contributed by atoms with Crippen molar-refractivity contribution in [3.8, 4) is 0 Å². The van der Waals surface area contributed by atoms with Gasteiger partial charge in [-0.25, -0.2) is 9.50 Å². The molecule has 0 aliphatic carbocycles. The van der Waals surface area contributed by atoms with Crippen LogP contribution in [-0.2, 0) is 16.1 Å². The maximum absolute atomic E-state index is 11.5. The topological polar surface area (TPSA) is 68.5 Å². The Bertz CT molecular complexity index is 613. The zero-order valence-corrected chi connectivity index (χ0v) is 12.3. The third kappa shape index (κ3) is 4.03. The first-order valence-corrected chi connectivity index (χ1v) is 6.57. The van der Waals surface area contributed by atoms with Crippen molar-refractivity contribution in [3.05, 3.63) is 29.7 Å². The summed E-state index contributed by atoms with van der Waals surface area (Å²) in [5, 5.41) is 7.34. The highest BCUT2D eigenvalue weighted by Crippen LogP contribution is 2.07. The van der Waals surface area contributed by atoms with E-state index in [1.165, 1.54) is 0 Å². The summed E-state index contributed by atoms with van der Waals surface area (Å²) in [6.07, 6.45) is 3.68. The van der Waals surface area contributed by atoms with Gasteiger partial charge in [0.2, 0.25) is 0 Å². The molecule has 0 bridgehead atoms. The van der Waals surface area contributed by atoms with Crippen LogP contribution in [-0.4, -0.2) is 32.7 Å². The van der Waals surface area contributed by atoms with Crippen LogP contribution in [0.2, 0.25) is 0 Å². The molecule has 0 saturated heterocycles. The zero-order valence-electron chi connectivity index (χ0n) is 12.3. The number of aromatic nitrogens is 3. The second-order valence-corrected chi connectivity index (χ2v) is 5.74. The molecule has 0 radical (unpaired) electrons. The number of nitrogens with zero attached hydrogens (tertiary/aromatic N) is 3. The summed E-state index contributed by atoms with van der Waals surface area (Å²) < 4.78 is 6.95. The summed E-state index contributed by atoms with van der Waals surface area (Å²) in [5.41, 5.74) is 2.25. The van der Waals surface area contributed by atoms with Gasteiger partial charge in [-0.3, -0.25) is 4.79 Å². The lowest BCUT2D eigenvalue weighted by atomic mass is 10.2. The number of carbonyl (C=O) groups excluding carboxylic acids is 1. The summed E-state index contributed by atoms with van der Waals surface area (Å²) in [5.74, 6) is -0.263. The maximum atomic E-state index is 11.5. The molecule has 0 spiro atoms. The standard InChI is InChI=1S/C14H20N4O2/c1-10-5-12-16-7-11(9-18(12)17-10)6-15-8-13(19)20-14(2,3)4/h5,7,9,15H,6,8H2,1-4H3. The first kappa shape index (κ1) is 14.5. The van der Waals surface area contributed by atoms with Crippen LogP contribution in [0.15, 0.2) is 18.5 Å². The molecule has 2 aromatic heterocycles. The summed E-state index contributed by atoms with van der Waals surface area (Å²) in [6, 6.07) is 1.91. The van der Waals surface area contributed by atoms with Crippen molar-refractivity contribution in [1.29, 1.82) is 0 Å². The van der Waals surface area contributed by atoms with Crippen LogP contribution < -0.4 is 5.32 Å². The molecule has 0 fully saturated rings. The van der Waals surface area contributed by atoms with Crippen molar-refractivity contribution in [1.82, 2.24) is 19.9 Å².